The van der Waals surface area contributed by atoms with Crippen LogP contribution in [-0.2, 0) is 6.54 Å². The number of benzene rings is 1. The van der Waals surface area contributed by atoms with Gasteiger partial charge in [0.25, 0.3) is 0 Å². The summed E-state index contributed by atoms with van der Waals surface area (Å²) >= 11 is 0. The van der Waals surface area contributed by atoms with E-state index in [2.05, 4.69) is 54.3 Å². The van der Waals surface area contributed by atoms with Crippen molar-refractivity contribution >= 4 is 39.7 Å². The van der Waals surface area contributed by atoms with Crippen LogP contribution in [0.5, 0.6) is 0 Å². The molecule has 30 heavy (non-hydrogen) atoms. The summed E-state index contributed by atoms with van der Waals surface area (Å²) in [5.74, 6) is 2.39. The minimum atomic E-state index is 0.661. The normalized spacial score (nSPS) is 15.2. The molecule has 0 saturated carbocycles. The van der Waals surface area contributed by atoms with E-state index in [1.54, 1.807) is 6.33 Å². The topological polar surface area (TPSA) is 90.8 Å². The molecular weight excluding hydrogens is 378 g/mol. The Morgan fingerprint density at radius 1 is 1.17 bits per heavy atom. The van der Waals surface area contributed by atoms with Crippen LogP contribution in [0.25, 0.3) is 22.2 Å². The maximum Gasteiger partial charge on any atom is 0.229 e. The fraction of sp³-hybridized carbons (Fsp3) is 0.333. The maximum atomic E-state index is 4.82. The van der Waals surface area contributed by atoms with Crippen molar-refractivity contribution in [3.63, 3.8) is 0 Å². The Labute approximate surface area is 174 Å². The number of aromatic amines is 1. The summed E-state index contributed by atoms with van der Waals surface area (Å²) in [6.07, 6.45) is 3.54. The minimum absolute atomic E-state index is 0.661. The number of hydrogen-bond donors (Lipinski definition) is 2. The van der Waals surface area contributed by atoms with Crippen molar-refractivity contribution in [2.45, 2.75) is 13.5 Å². The van der Waals surface area contributed by atoms with Gasteiger partial charge in [-0.2, -0.15) is 9.97 Å². The van der Waals surface area contributed by atoms with Crippen LogP contribution in [0.1, 0.15) is 5.82 Å². The zero-order valence-electron chi connectivity index (χ0n) is 17.3. The molecule has 4 heterocycles. The molecule has 0 spiro atoms. The SMILES string of the molecule is C=CCn1c(C)nc2cc(Nc3nc(N4CCN(C)CC4)nc4nc[nH]c34)ccc21. The van der Waals surface area contributed by atoms with Crippen molar-refractivity contribution in [2.24, 2.45) is 0 Å². The Kier molecular flexibility index (Phi) is 4.59. The zero-order chi connectivity index (χ0) is 20.7. The molecule has 0 radical (unpaired) electrons. The van der Waals surface area contributed by atoms with Crippen LogP contribution >= 0.6 is 0 Å². The molecule has 1 saturated heterocycles. The number of piperazine rings is 1. The van der Waals surface area contributed by atoms with Crippen LogP contribution in [0, 0.1) is 6.92 Å². The highest BCUT2D eigenvalue weighted by Crippen LogP contribution is 2.27. The van der Waals surface area contributed by atoms with E-state index in [4.69, 9.17) is 9.97 Å². The fourth-order valence-corrected chi connectivity index (χ4v) is 3.88. The van der Waals surface area contributed by atoms with E-state index in [-0.39, 0.29) is 0 Å². The van der Waals surface area contributed by atoms with Gasteiger partial charge in [-0.25, -0.2) is 9.97 Å². The second kappa shape index (κ2) is 7.42. The second-order valence-corrected chi connectivity index (χ2v) is 7.65. The lowest BCUT2D eigenvalue weighted by Gasteiger charge is -2.32. The molecule has 1 aromatic carbocycles. The minimum Gasteiger partial charge on any atom is -0.340 e. The van der Waals surface area contributed by atoms with Gasteiger partial charge in [0, 0.05) is 38.4 Å². The first-order valence-electron chi connectivity index (χ1n) is 10.1. The van der Waals surface area contributed by atoms with E-state index in [1.165, 1.54) is 0 Å². The Bertz CT molecular complexity index is 1210. The van der Waals surface area contributed by atoms with Gasteiger partial charge >= 0.3 is 0 Å². The van der Waals surface area contributed by atoms with E-state index in [9.17, 15) is 0 Å². The van der Waals surface area contributed by atoms with Crippen molar-refractivity contribution in [3.8, 4) is 0 Å². The number of allylic oxidation sites excluding steroid dienone is 1. The first-order chi connectivity index (χ1) is 14.6. The van der Waals surface area contributed by atoms with Gasteiger partial charge in [0.05, 0.1) is 17.4 Å². The highest BCUT2D eigenvalue weighted by Gasteiger charge is 2.19. The van der Waals surface area contributed by atoms with Gasteiger partial charge in [-0.1, -0.05) is 6.08 Å². The van der Waals surface area contributed by atoms with Gasteiger partial charge in [-0.3, -0.25) is 0 Å². The summed E-state index contributed by atoms with van der Waals surface area (Å²) in [6, 6.07) is 6.17. The number of fused-ring (bicyclic) bond motifs is 2. The van der Waals surface area contributed by atoms with Crippen molar-refractivity contribution in [1.29, 1.82) is 0 Å². The summed E-state index contributed by atoms with van der Waals surface area (Å²) in [5, 5.41) is 3.45. The van der Waals surface area contributed by atoms with Crippen molar-refractivity contribution < 1.29 is 0 Å². The van der Waals surface area contributed by atoms with E-state index < -0.39 is 0 Å². The van der Waals surface area contributed by atoms with Gasteiger partial charge in [0.15, 0.2) is 11.5 Å². The van der Waals surface area contributed by atoms with Crippen LogP contribution in [0.15, 0.2) is 37.2 Å². The Morgan fingerprint density at radius 3 is 2.80 bits per heavy atom. The third-order valence-corrected chi connectivity index (χ3v) is 5.57. The molecule has 1 aliphatic rings. The fourth-order valence-electron chi connectivity index (χ4n) is 3.88. The first kappa shape index (κ1) is 18.6. The predicted molar refractivity (Wildman–Crippen MR) is 119 cm³/mol. The first-order valence-corrected chi connectivity index (χ1v) is 10.1. The molecule has 9 nitrogen and oxygen atoms in total. The molecule has 0 aliphatic carbocycles. The maximum absolute atomic E-state index is 4.82. The molecule has 4 aromatic rings. The predicted octanol–water partition coefficient (Wildman–Crippen LogP) is 2.69. The van der Waals surface area contributed by atoms with Crippen molar-refractivity contribution in [3.05, 3.63) is 43.0 Å². The molecule has 1 aliphatic heterocycles. The van der Waals surface area contributed by atoms with Crippen LogP contribution in [0.2, 0.25) is 0 Å². The van der Waals surface area contributed by atoms with Crippen LogP contribution in [-0.4, -0.2) is 67.6 Å². The van der Waals surface area contributed by atoms with Gasteiger partial charge in [0.1, 0.15) is 11.3 Å². The molecule has 3 aromatic heterocycles. The zero-order valence-corrected chi connectivity index (χ0v) is 17.3. The number of aromatic nitrogens is 6. The molecule has 0 atom stereocenters. The van der Waals surface area contributed by atoms with E-state index in [0.717, 1.165) is 60.8 Å². The van der Waals surface area contributed by atoms with Gasteiger partial charge in [-0.05, 0) is 32.2 Å². The van der Waals surface area contributed by atoms with Crippen molar-refractivity contribution in [1.82, 2.24) is 34.4 Å². The van der Waals surface area contributed by atoms with Gasteiger partial charge in [-0.15, -0.1) is 6.58 Å². The highest BCUT2D eigenvalue weighted by molar-refractivity contribution is 5.88. The summed E-state index contributed by atoms with van der Waals surface area (Å²) in [4.78, 5) is 26.2. The van der Waals surface area contributed by atoms with Gasteiger partial charge in [0.2, 0.25) is 5.95 Å². The summed E-state index contributed by atoms with van der Waals surface area (Å²) in [6.45, 7) is 10.4. The second-order valence-electron chi connectivity index (χ2n) is 7.65. The monoisotopic (exact) mass is 403 g/mol. The van der Waals surface area contributed by atoms with Gasteiger partial charge < -0.3 is 24.7 Å². The molecule has 0 bridgehead atoms. The third-order valence-electron chi connectivity index (χ3n) is 5.57. The highest BCUT2D eigenvalue weighted by atomic mass is 15.3. The molecule has 2 N–H and O–H groups in total. The number of nitrogens with one attached hydrogen (secondary N) is 2. The van der Waals surface area contributed by atoms with E-state index in [0.29, 0.717) is 17.4 Å². The van der Waals surface area contributed by atoms with Crippen LogP contribution in [0.3, 0.4) is 0 Å². The Hall–Kier alpha value is -3.46. The summed E-state index contributed by atoms with van der Waals surface area (Å²) in [5.41, 5.74) is 4.40. The number of anilines is 3. The lowest BCUT2D eigenvalue weighted by molar-refractivity contribution is 0.311. The van der Waals surface area contributed by atoms with E-state index >= 15 is 0 Å². The number of nitrogens with zero attached hydrogens (tertiary/aromatic N) is 7. The smallest absolute Gasteiger partial charge is 0.229 e. The third kappa shape index (κ3) is 3.26. The number of imidazole rings is 2. The lowest BCUT2D eigenvalue weighted by Crippen LogP contribution is -2.45. The average molecular weight is 403 g/mol. The Balaban J connectivity index is 1.50. The number of rotatable bonds is 5. The standard InChI is InChI=1S/C21H25N9/c1-4-7-30-14(2)24-16-12-15(5-6-17(16)30)25-20-18-19(23-13-22-18)26-21(27-20)29-10-8-28(3)9-11-29/h4-6,12-13H,1,7-11H2,2-3H3,(H2,22,23,25,26,27). The molecule has 0 amide bonds. The van der Waals surface area contributed by atoms with Crippen LogP contribution < -0.4 is 10.2 Å². The number of aryl methyl sites for hydroxylation is 1. The van der Waals surface area contributed by atoms with E-state index in [1.807, 2.05) is 25.1 Å². The summed E-state index contributed by atoms with van der Waals surface area (Å²) < 4.78 is 2.15. The number of hydrogen-bond acceptors (Lipinski definition) is 7. The molecular formula is C21H25N9. The van der Waals surface area contributed by atoms with Crippen molar-refractivity contribution in [2.75, 3.05) is 43.4 Å². The quantitative estimate of drug-likeness (QED) is 0.495. The molecule has 0 unspecified atom stereocenters. The molecule has 5 rings (SSSR count). The van der Waals surface area contributed by atoms with Crippen LogP contribution in [0.4, 0.5) is 17.5 Å². The largest absolute Gasteiger partial charge is 0.340 e. The number of likely N-dealkylation sites (N-methyl/N-ethyl adjacent to an activating group) is 1. The molecule has 154 valence electrons. The Morgan fingerprint density at radius 2 is 2.00 bits per heavy atom. The lowest BCUT2D eigenvalue weighted by atomic mass is 10.2. The summed E-state index contributed by atoms with van der Waals surface area (Å²) in [7, 11) is 2.14. The molecule has 9 heteroatoms. The average Bonchev–Trinajstić information content (AvgIpc) is 3.33. The number of H-pyrrole nitrogens is 1. The molecule has 1 fully saturated rings.